The zero-order valence-corrected chi connectivity index (χ0v) is 10.6. The van der Waals surface area contributed by atoms with E-state index in [2.05, 4.69) is 20.4 Å². The van der Waals surface area contributed by atoms with E-state index >= 15 is 0 Å². The number of anilines is 1. The molecular formula is C10H9F3N6O2. The molecule has 0 aliphatic rings. The van der Waals surface area contributed by atoms with E-state index in [9.17, 15) is 23.3 Å². The maximum Gasteiger partial charge on any atom is 0.433 e. The fourth-order valence-electron chi connectivity index (χ4n) is 1.53. The molecule has 0 amide bonds. The molecule has 8 nitrogen and oxygen atoms in total. The van der Waals surface area contributed by atoms with Gasteiger partial charge in [-0.1, -0.05) is 0 Å². The first-order valence-corrected chi connectivity index (χ1v) is 5.57. The van der Waals surface area contributed by atoms with Crippen LogP contribution >= 0.6 is 0 Å². The number of nitro groups is 1. The van der Waals surface area contributed by atoms with Crippen LogP contribution < -0.4 is 5.32 Å². The molecule has 0 aliphatic carbocycles. The van der Waals surface area contributed by atoms with E-state index in [1.54, 1.807) is 7.05 Å². The van der Waals surface area contributed by atoms with Crippen LogP contribution in [0, 0.1) is 10.1 Å². The molecule has 21 heavy (non-hydrogen) atoms. The molecule has 0 aliphatic heterocycles. The summed E-state index contributed by atoms with van der Waals surface area (Å²) in [5.74, 6) is 0.289. The van der Waals surface area contributed by atoms with Gasteiger partial charge in [-0.25, -0.2) is 9.97 Å². The summed E-state index contributed by atoms with van der Waals surface area (Å²) in [5, 5.41) is 17.2. The number of aromatic nitrogens is 4. The minimum absolute atomic E-state index is 0.0526. The summed E-state index contributed by atoms with van der Waals surface area (Å²) >= 11 is 0. The van der Waals surface area contributed by atoms with Crippen LogP contribution in [0.15, 0.2) is 18.6 Å². The number of nitrogens with zero attached hydrogens (tertiary/aromatic N) is 5. The summed E-state index contributed by atoms with van der Waals surface area (Å²) in [4.78, 5) is 16.9. The van der Waals surface area contributed by atoms with Crippen molar-refractivity contribution in [2.45, 2.75) is 12.7 Å². The Bertz CT molecular complexity index is 669. The first kappa shape index (κ1) is 14.7. The fourth-order valence-corrected chi connectivity index (χ4v) is 1.53. The third-order valence-electron chi connectivity index (χ3n) is 2.45. The third-order valence-corrected chi connectivity index (χ3v) is 2.45. The van der Waals surface area contributed by atoms with Crippen molar-refractivity contribution in [3.05, 3.63) is 40.2 Å². The van der Waals surface area contributed by atoms with Gasteiger partial charge in [0.2, 0.25) is 0 Å². The number of rotatable bonds is 4. The van der Waals surface area contributed by atoms with Gasteiger partial charge in [0.25, 0.3) is 0 Å². The first-order valence-electron chi connectivity index (χ1n) is 5.57. The van der Waals surface area contributed by atoms with Crippen LogP contribution in [0.1, 0.15) is 11.5 Å². The lowest BCUT2D eigenvalue weighted by atomic mass is 10.2. The van der Waals surface area contributed by atoms with Crippen molar-refractivity contribution < 1.29 is 18.1 Å². The average molecular weight is 302 g/mol. The normalized spacial score (nSPS) is 11.4. The van der Waals surface area contributed by atoms with E-state index in [-0.39, 0.29) is 18.1 Å². The van der Waals surface area contributed by atoms with Gasteiger partial charge in [0.05, 0.1) is 11.5 Å². The maximum atomic E-state index is 12.6. The number of pyridine rings is 1. The second-order valence-electron chi connectivity index (χ2n) is 4.03. The van der Waals surface area contributed by atoms with Gasteiger partial charge in [0.1, 0.15) is 23.9 Å². The zero-order valence-electron chi connectivity index (χ0n) is 10.6. The zero-order chi connectivity index (χ0) is 15.6. The van der Waals surface area contributed by atoms with Gasteiger partial charge in [-0.3, -0.25) is 14.8 Å². The quantitative estimate of drug-likeness (QED) is 0.682. The Morgan fingerprint density at radius 3 is 2.67 bits per heavy atom. The predicted octanol–water partition coefficient (Wildman–Crippen LogP) is 1.75. The molecule has 0 atom stereocenters. The molecular weight excluding hydrogens is 293 g/mol. The second kappa shape index (κ2) is 5.34. The first-order chi connectivity index (χ1) is 9.77. The smallest absolute Gasteiger partial charge is 0.372 e. The van der Waals surface area contributed by atoms with Gasteiger partial charge in [0, 0.05) is 7.05 Å². The van der Waals surface area contributed by atoms with Crippen LogP contribution in [0.3, 0.4) is 0 Å². The van der Waals surface area contributed by atoms with Gasteiger partial charge in [-0.2, -0.15) is 18.3 Å². The summed E-state index contributed by atoms with van der Waals surface area (Å²) in [6.07, 6.45) is -2.72. The molecule has 0 unspecified atom stereocenters. The molecule has 0 spiro atoms. The maximum absolute atomic E-state index is 12.6. The minimum atomic E-state index is -4.69. The Morgan fingerprint density at radius 2 is 2.14 bits per heavy atom. The SMILES string of the molecule is Cn1cnc(CNc2cc(C(F)(F)F)ncc2[N+](=O)[O-])n1. The molecule has 11 heteroatoms. The van der Waals surface area contributed by atoms with Gasteiger partial charge in [-0.15, -0.1) is 0 Å². The van der Waals surface area contributed by atoms with Crippen molar-refractivity contribution in [3.8, 4) is 0 Å². The highest BCUT2D eigenvalue weighted by atomic mass is 19.4. The van der Waals surface area contributed by atoms with Gasteiger partial charge < -0.3 is 5.32 Å². The molecule has 2 aromatic heterocycles. The average Bonchev–Trinajstić information content (AvgIpc) is 2.80. The van der Waals surface area contributed by atoms with E-state index in [4.69, 9.17) is 0 Å². The Labute approximate surface area is 115 Å². The van der Waals surface area contributed by atoms with Crippen molar-refractivity contribution in [2.24, 2.45) is 7.05 Å². The highest BCUT2D eigenvalue weighted by Crippen LogP contribution is 2.32. The topological polar surface area (TPSA) is 98.8 Å². The number of aryl methyl sites for hydroxylation is 1. The molecule has 0 saturated heterocycles. The summed E-state index contributed by atoms with van der Waals surface area (Å²) in [5.41, 5.74) is -2.07. The van der Waals surface area contributed by atoms with Crippen LogP contribution in [-0.2, 0) is 19.8 Å². The van der Waals surface area contributed by atoms with Gasteiger partial charge in [-0.05, 0) is 6.07 Å². The number of halogens is 3. The third kappa shape index (κ3) is 3.43. The number of alkyl halides is 3. The highest BCUT2D eigenvalue weighted by Gasteiger charge is 2.34. The van der Waals surface area contributed by atoms with E-state index < -0.39 is 22.5 Å². The van der Waals surface area contributed by atoms with Gasteiger partial charge >= 0.3 is 11.9 Å². The van der Waals surface area contributed by atoms with Crippen LogP contribution in [0.2, 0.25) is 0 Å². The second-order valence-corrected chi connectivity index (χ2v) is 4.03. The van der Waals surface area contributed by atoms with Crippen LogP contribution in [-0.4, -0.2) is 24.7 Å². The van der Waals surface area contributed by atoms with E-state index in [0.717, 1.165) is 0 Å². The lowest BCUT2D eigenvalue weighted by Crippen LogP contribution is -2.11. The summed E-state index contributed by atoms with van der Waals surface area (Å²) < 4.78 is 39.1. The summed E-state index contributed by atoms with van der Waals surface area (Å²) in [7, 11) is 1.62. The molecule has 2 aromatic rings. The molecule has 1 N–H and O–H groups in total. The van der Waals surface area contributed by atoms with Crippen molar-refractivity contribution in [1.82, 2.24) is 19.7 Å². The Balaban J connectivity index is 2.28. The Morgan fingerprint density at radius 1 is 1.43 bits per heavy atom. The molecule has 0 bridgehead atoms. The van der Waals surface area contributed by atoms with Gasteiger partial charge in [0.15, 0.2) is 5.82 Å². The van der Waals surface area contributed by atoms with E-state index in [0.29, 0.717) is 12.3 Å². The lowest BCUT2D eigenvalue weighted by molar-refractivity contribution is -0.384. The number of nitrogens with one attached hydrogen (secondary N) is 1. The van der Waals surface area contributed by atoms with E-state index in [1.165, 1.54) is 11.0 Å². The molecule has 2 rings (SSSR count). The fraction of sp³-hybridized carbons (Fsp3) is 0.300. The lowest BCUT2D eigenvalue weighted by Gasteiger charge is -2.09. The Hall–Kier alpha value is -2.72. The van der Waals surface area contributed by atoms with Crippen molar-refractivity contribution >= 4 is 11.4 Å². The molecule has 0 saturated carbocycles. The van der Waals surface area contributed by atoms with Crippen LogP contribution in [0.25, 0.3) is 0 Å². The molecule has 0 aromatic carbocycles. The highest BCUT2D eigenvalue weighted by molar-refractivity contribution is 5.61. The summed E-state index contributed by atoms with van der Waals surface area (Å²) in [6.45, 7) is -0.0526. The molecule has 0 fully saturated rings. The molecule has 112 valence electrons. The largest absolute Gasteiger partial charge is 0.433 e. The van der Waals surface area contributed by atoms with Crippen molar-refractivity contribution in [3.63, 3.8) is 0 Å². The van der Waals surface area contributed by atoms with Crippen LogP contribution in [0.4, 0.5) is 24.5 Å². The van der Waals surface area contributed by atoms with E-state index in [1.807, 2.05) is 0 Å². The monoisotopic (exact) mass is 302 g/mol. The number of hydrogen-bond acceptors (Lipinski definition) is 6. The van der Waals surface area contributed by atoms with Crippen molar-refractivity contribution in [2.75, 3.05) is 5.32 Å². The summed E-state index contributed by atoms with van der Waals surface area (Å²) in [6, 6.07) is 0.584. The minimum Gasteiger partial charge on any atom is -0.372 e. The van der Waals surface area contributed by atoms with Crippen molar-refractivity contribution in [1.29, 1.82) is 0 Å². The molecule has 0 radical (unpaired) electrons. The standard InChI is InChI=1S/C10H9F3N6O2/c1-18-5-16-9(17-18)4-14-6-2-8(10(11,12)13)15-3-7(6)19(20)21/h2-3,5H,4H2,1H3,(H,14,15). The van der Waals surface area contributed by atoms with Crippen LogP contribution in [0.5, 0.6) is 0 Å². The molecule has 2 heterocycles. The predicted molar refractivity (Wildman–Crippen MR) is 64.2 cm³/mol. The number of hydrogen-bond donors (Lipinski definition) is 1. The Kier molecular flexibility index (Phi) is 3.74.